The fourth-order valence-electron chi connectivity index (χ4n) is 2.70. The first kappa shape index (κ1) is 15.9. The van der Waals surface area contributed by atoms with Crippen LogP contribution in [0.5, 0.6) is 17.2 Å². The van der Waals surface area contributed by atoms with Crippen molar-refractivity contribution in [2.45, 2.75) is 0 Å². The summed E-state index contributed by atoms with van der Waals surface area (Å²) in [4.78, 5) is 0. The van der Waals surface area contributed by atoms with Gasteiger partial charge in [0.15, 0.2) is 11.5 Å². The first-order valence-corrected chi connectivity index (χ1v) is 7.72. The van der Waals surface area contributed by atoms with E-state index in [4.69, 9.17) is 14.2 Å². The first-order chi connectivity index (χ1) is 11.7. The van der Waals surface area contributed by atoms with E-state index in [-0.39, 0.29) is 0 Å². The third-order valence-corrected chi connectivity index (χ3v) is 3.93. The predicted octanol–water partition coefficient (Wildman–Crippen LogP) is 5.04. The molecule has 0 aromatic heterocycles. The summed E-state index contributed by atoms with van der Waals surface area (Å²) in [7, 11) is 4.84. The molecular weight excluding hydrogens is 300 g/mol. The van der Waals surface area contributed by atoms with Gasteiger partial charge in [0.2, 0.25) is 5.75 Å². The minimum absolute atomic E-state index is 0.600. The molecule has 0 amide bonds. The molecule has 0 aliphatic carbocycles. The lowest BCUT2D eigenvalue weighted by Gasteiger charge is -2.12. The van der Waals surface area contributed by atoms with Crippen LogP contribution in [0.4, 0.5) is 0 Å². The zero-order chi connectivity index (χ0) is 16.9. The maximum atomic E-state index is 5.39. The topological polar surface area (TPSA) is 27.7 Å². The van der Waals surface area contributed by atoms with Crippen LogP contribution in [0.2, 0.25) is 0 Å². The Balaban J connectivity index is 1.95. The summed E-state index contributed by atoms with van der Waals surface area (Å²) < 4.78 is 16.1. The lowest BCUT2D eigenvalue weighted by molar-refractivity contribution is 0.324. The summed E-state index contributed by atoms with van der Waals surface area (Å²) in [5.74, 6) is 1.90. The summed E-state index contributed by atoms with van der Waals surface area (Å²) in [6.45, 7) is 0. The van der Waals surface area contributed by atoms with Gasteiger partial charge in [-0.2, -0.15) is 0 Å². The quantitative estimate of drug-likeness (QED) is 0.617. The lowest BCUT2D eigenvalue weighted by atomic mass is 10.1. The Bertz CT molecular complexity index is 856. The zero-order valence-corrected chi connectivity index (χ0v) is 14.1. The number of rotatable bonds is 5. The monoisotopic (exact) mass is 320 g/mol. The standard InChI is InChI=1S/C21H20O3/c1-22-19-13-16(14-20(23-2)21(19)24-3)9-8-15-10-11-17-6-4-5-7-18(17)12-15/h4-14H,1-3H3/b9-8+. The lowest BCUT2D eigenvalue weighted by Crippen LogP contribution is -1.95. The van der Waals surface area contributed by atoms with Gasteiger partial charge in [-0.1, -0.05) is 48.6 Å². The molecule has 122 valence electrons. The van der Waals surface area contributed by atoms with E-state index in [1.165, 1.54) is 10.8 Å². The SMILES string of the molecule is COc1cc(/C=C/c2ccc3ccccc3c2)cc(OC)c1OC. The Labute approximate surface area is 142 Å². The summed E-state index contributed by atoms with van der Waals surface area (Å²) >= 11 is 0. The molecule has 0 saturated heterocycles. The van der Waals surface area contributed by atoms with Gasteiger partial charge < -0.3 is 14.2 Å². The number of methoxy groups -OCH3 is 3. The number of hydrogen-bond acceptors (Lipinski definition) is 3. The highest BCUT2D eigenvalue weighted by Crippen LogP contribution is 2.38. The van der Waals surface area contributed by atoms with Crippen LogP contribution >= 0.6 is 0 Å². The summed E-state index contributed by atoms with van der Waals surface area (Å²) in [5.41, 5.74) is 2.13. The van der Waals surface area contributed by atoms with E-state index in [2.05, 4.69) is 42.5 Å². The van der Waals surface area contributed by atoms with Gasteiger partial charge in [0.1, 0.15) is 0 Å². The molecule has 3 aromatic rings. The van der Waals surface area contributed by atoms with E-state index in [0.29, 0.717) is 17.2 Å². The molecule has 0 atom stereocenters. The highest BCUT2D eigenvalue weighted by Gasteiger charge is 2.11. The molecule has 3 rings (SSSR count). The van der Waals surface area contributed by atoms with Crippen molar-refractivity contribution in [1.82, 2.24) is 0 Å². The number of ether oxygens (including phenoxy) is 3. The molecule has 0 N–H and O–H groups in total. The van der Waals surface area contributed by atoms with Crippen LogP contribution in [0.3, 0.4) is 0 Å². The molecule has 0 aliphatic heterocycles. The fourth-order valence-corrected chi connectivity index (χ4v) is 2.70. The van der Waals surface area contributed by atoms with Gasteiger partial charge in [0, 0.05) is 0 Å². The maximum absolute atomic E-state index is 5.39. The van der Waals surface area contributed by atoms with Crippen molar-refractivity contribution in [3.63, 3.8) is 0 Å². The number of benzene rings is 3. The predicted molar refractivity (Wildman–Crippen MR) is 99.0 cm³/mol. The Morgan fingerprint density at radius 3 is 1.88 bits per heavy atom. The van der Waals surface area contributed by atoms with Crippen LogP contribution in [0, 0.1) is 0 Å². The molecule has 0 fully saturated rings. The minimum Gasteiger partial charge on any atom is -0.493 e. The van der Waals surface area contributed by atoms with Crippen LogP contribution in [0.15, 0.2) is 54.6 Å². The first-order valence-electron chi connectivity index (χ1n) is 7.72. The van der Waals surface area contributed by atoms with E-state index in [0.717, 1.165) is 11.1 Å². The molecule has 0 bridgehead atoms. The molecule has 3 nitrogen and oxygen atoms in total. The van der Waals surface area contributed by atoms with Crippen LogP contribution in [-0.4, -0.2) is 21.3 Å². The molecule has 0 radical (unpaired) electrons. The zero-order valence-electron chi connectivity index (χ0n) is 14.1. The Kier molecular flexibility index (Phi) is 4.71. The van der Waals surface area contributed by atoms with Crippen LogP contribution in [0.1, 0.15) is 11.1 Å². The second kappa shape index (κ2) is 7.09. The summed E-state index contributed by atoms with van der Waals surface area (Å²) in [6, 6.07) is 18.6. The van der Waals surface area contributed by atoms with Gasteiger partial charge in [0.25, 0.3) is 0 Å². The number of fused-ring (bicyclic) bond motifs is 1. The maximum Gasteiger partial charge on any atom is 0.203 e. The van der Waals surface area contributed by atoms with Gasteiger partial charge in [-0.3, -0.25) is 0 Å². The fraction of sp³-hybridized carbons (Fsp3) is 0.143. The van der Waals surface area contributed by atoms with E-state index >= 15 is 0 Å². The van der Waals surface area contributed by atoms with Crippen LogP contribution in [0.25, 0.3) is 22.9 Å². The Morgan fingerprint density at radius 1 is 0.625 bits per heavy atom. The number of hydrogen-bond donors (Lipinski definition) is 0. The third-order valence-electron chi connectivity index (χ3n) is 3.93. The largest absolute Gasteiger partial charge is 0.493 e. The second-order valence-corrected chi connectivity index (χ2v) is 5.40. The van der Waals surface area contributed by atoms with Crippen molar-refractivity contribution in [3.8, 4) is 17.2 Å². The van der Waals surface area contributed by atoms with E-state index < -0.39 is 0 Å². The van der Waals surface area contributed by atoms with Gasteiger partial charge >= 0.3 is 0 Å². The summed E-state index contributed by atoms with van der Waals surface area (Å²) in [5, 5.41) is 2.46. The van der Waals surface area contributed by atoms with Crippen molar-refractivity contribution in [1.29, 1.82) is 0 Å². The molecular formula is C21H20O3. The van der Waals surface area contributed by atoms with Crippen molar-refractivity contribution >= 4 is 22.9 Å². The van der Waals surface area contributed by atoms with Crippen molar-refractivity contribution in [2.75, 3.05) is 21.3 Å². The average molecular weight is 320 g/mol. The van der Waals surface area contributed by atoms with Crippen molar-refractivity contribution in [2.24, 2.45) is 0 Å². The van der Waals surface area contributed by atoms with Crippen LogP contribution < -0.4 is 14.2 Å². The van der Waals surface area contributed by atoms with Crippen molar-refractivity contribution in [3.05, 3.63) is 65.7 Å². The minimum atomic E-state index is 0.600. The van der Waals surface area contributed by atoms with Gasteiger partial charge in [-0.15, -0.1) is 0 Å². The van der Waals surface area contributed by atoms with E-state index in [1.54, 1.807) is 21.3 Å². The average Bonchev–Trinajstić information content (AvgIpc) is 2.65. The van der Waals surface area contributed by atoms with Crippen LogP contribution in [-0.2, 0) is 0 Å². The normalized spacial score (nSPS) is 11.0. The smallest absolute Gasteiger partial charge is 0.203 e. The molecule has 0 spiro atoms. The van der Waals surface area contributed by atoms with E-state index in [1.807, 2.05) is 24.3 Å². The Morgan fingerprint density at radius 2 is 1.25 bits per heavy atom. The molecule has 0 unspecified atom stereocenters. The van der Waals surface area contributed by atoms with Gasteiger partial charge in [0.05, 0.1) is 21.3 Å². The molecule has 24 heavy (non-hydrogen) atoms. The van der Waals surface area contributed by atoms with Gasteiger partial charge in [-0.25, -0.2) is 0 Å². The van der Waals surface area contributed by atoms with E-state index in [9.17, 15) is 0 Å². The molecule has 0 saturated carbocycles. The molecule has 3 aromatic carbocycles. The highest BCUT2D eigenvalue weighted by molar-refractivity contribution is 5.86. The second-order valence-electron chi connectivity index (χ2n) is 5.40. The molecule has 0 aliphatic rings. The highest BCUT2D eigenvalue weighted by atomic mass is 16.5. The Hall–Kier alpha value is -2.94. The molecule has 0 heterocycles. The van der Waals surface area contributed by atoms with Crippen molar-refractivity contribution < 1.29 is 14.2 Å². The summed E-state index contributed by atoms with van der Waals surface area (Å²) in [6.07, 6.45) is 4.11. The van der Waals surface area contributed by atoms with Gasteiger partial charge in [-0.05, 0) is 40.1 Å². The molecule has 3 heteroatoms. The third kappa shape index (κ3) is 3.20.